The zero-order valence-electron chi connectivity index (χ0n) is 11.7. The van der Waals surface area contributed by atoms with Gasteiger partial charge in [-0.25, -0.2) is 4.98 Å². The van der Waals surface area contributed by atoms with Gasteiger partial charge in [-0.3, -0.25) is 0 Å². The highest BCUT2D eigenvalue weighted by atomic mass is 35.5. The summed E-state index contributed by atoms with van der Waals surface area (Å²) in [6, 6.07) is 8.07. The minimum Gasteiger partial charge on any atom is -0.312 e. The fourth-order valence-electron chi connectivity index (χ4n) is 2.35. The first-order valence-electron chi connectivity index (χ1n) is 7.20. The third-order valence-electron chi connectivity index (χ3n) is 3.52. The van der Waals surface area contributed by atoms with Crippen LogP contribution in [0.5, 0.6) is 0 Å². The average molecular weight is 307 g/mol. The highest BCUT2D eigenvalue weighted by Gasteiger charge is 2.29. The topological polar surface area (TPSA) is 24.9 Å². The zero-order valence-corrected chi connectivity index (χ0v) is 13.2. The second-order valence-electron chi connectivity index (χ2n) is 5.28. The van der Waals surface area contributed by atoms with E-state index in [1.807, 2.05) is 29.5 Å². The van der Waals surface area contributed by atoms with Crippen LogP contribution in [0, 0.1) is 0 Å². The molecule has 0 amide bonds. The highest BCUT2D eigenvalue weighted by Crippen LogP contribution is 2.42. The molecule has 1 saturated carbocycles. The van der Waals surface area contributed by atoms with Gasteiger partial charge < -0.3 is 5.32 Å². The van der Waals surface area contributed by atoms with Gasteiger partial charge in [0.1, 0.15) is 0 Å². The lowest BCUT2D eigenvalue weighted by atomic mass is 10.1. The first-order valence-corrected chi connectivity index (χ1v) is 8.39. The van der Waals surface area contributed by atoms with E-state index in [0.717, 1.165) is 24.5 Å². The molecule has 0 spiro atoms. The summed E-state index contributed by atoms with van der Waals surface area (Å²) in [5.74, 6) is 0.716. The second-order valence-corrected chi connectivity index (χ2v) is 6.88. The predicted octanol–water partition coefficient (Wildman–Crippen LogP) is 4.37. The van der Waals surface area contributed by atoms with E-state index in [1.54, 1.807) is 0 Å². The molecule has 1 aromatic heterocycles. The Hall–Kier alpha value is -0.900. The summed E-state index contributed by atoms with van der Waals surface area (Å²) in [5, 5.41) is 5.43. The number of halogens is 1. The molecule has 0 bridgehead atoms. The van der Waals surface area contributed by atoms with Crippen molar-refractivity contribution in [1.29, 1.82) is 0 Å². The quantitative estimate of drug-likeness (QED) is 0.857. The molecule has 1 fully saturated rings. The lowest BCUT2D eigenvalue weighted by Gasteiger charge is -2.00. The van der Waals surface area contributed by atoms with Crippen LogP contribution in [0.2, 0.25) is 5.02 Å². The van der Waals surface area contributed by atoms with Crippen molar-refractivity contribution >= 4 is 22.9 Å². The van der Waals surface area contributed by atoms with Crippen LogP contribution in [0.4, 0.5) is 0 Å². The lowest BCUT2D eigenvalue weighted by molar-refractivity contribution is 0.726. The van der Waals surface area contributed by atoms with Crippen molar-refractivity contribution in [3.8, 4) is 0 Å². The van der Waals surface area contributed by atoms with Crippen molar-refractivity contribution in [2.45, 2.75) is 38.6 Å². The van der Waals surface area contributed by atoms with E-state index in [2.05, 4.69) is 18.3 Å². The number of nitrogens with one attached hydrogen (secondary N) is 1. The van der Waals surface area contributed by atoms with Gasteiger partial charge in [0.05, 0.1) is 10.7 Å². The molecule has 1 heterocycles. The van der Waals surface area contributed by atoms with Crippen molar-refractivity contribution in [3.63, 3.8) is 0 Å². The number of benzene rings is 1. The summed E-state index contributed by atoms with van der Waals surface area (Å²) in [6.07, 6.45) is 3.50. The Balaban J connectivity index is 1.79. The third kappa shape index (κ3) is 3.40. The molecule has 3 rings (SSSR count). The minimum absolute atomic E-state index is 0.716. The molecule has 1 N–H and O–H groups in total. The number of rotatable bonds is 6. The van der Waals surface area contributed by atoms with Crippen LogP contribution in [0.3, 0.4) is 0 Å². The number of thiazole rings is 1. The minimum atomic E-state index is 0.716. The van der Waals surface area contributed by atoms with E-state index in [9.17, 15) is 0 Å². The summed E-state index contributed by atoms with van der Waals surface area (Å²) < 4.78 is 0. The number of hydrogen-bond acceptors (Lipinski definition) is 3. The summed E-state index contributed by atoms with van der Waals surface area (Å²) >= 11 is 7.90. The Kier molecular flexibility index (Phi) is 4.39. The molecule has 0 radical (unpaired) electrons. The van der Waals surface area contributed by atoms with Crippen LogP contribution >= 0.6 is 22.9 Å². The molecule has 2 nitrogen and oxygen atoms in total. The van der Waals surface area contributed by atoms with Crippen molar-refractivity contribution < 1.29 is 0 Å². The Morgan fingerprint density at radius 2 is 2.25 bits per heavy atom. The van der Waals surface area contributed by atoms with Crippen LogP contribution < -0.4 is 5.32 Å². The van der Waals surface area contributed by atoms with E-state index in [4.69, 9.17) is 16.6 Å². The SMILES string of the molecule is CCNCc1sc(Cc2cccc(Cl)c2)nc1C1CC1. The van der Waals surface area contributed by atoms with Crippen molar-refractivity contribution in [2.24, 2.45) is 0 Å². The molecule has 0 saturated heterocycles. The fraction of sp³-hybridized carbons (Fsp3) is 0.438. The number of hydrogen-bond donors (Lipinski definition) is 1. The van der Waals surface area contributed by atoms with Gasteiger partial charge in [-0.1, -0.05) is 30.7 Å². The summed E-state index contributed by atoms with van der Waals surface area (Å²) in [4.78, 5) is 6.31. The van der Waals surface area contributed by atoms with Gasteiger partial charge >= 0.3 is 0 Å². The molecule has 0 atom stereocenters. The van der Waals surface area contributed by atoms with Crippen LogP contribution in [-0.4, -0.2) is 11.5 Å². The van der Waals surface area contributed by atoms with Gasteiger partial charge in [0.2, 0.25) is 0 Å². The Bertz CT molecular complexity index is 590. The third-order valence-corrected chi connectivity index (χ3v) is 4.82. The molecule has 2 aromatic rings. The van der Waals surface area contributed by atoms with Crippen LogP contribution in [0.1, 0.15) is 46.8 Å². The highest BCUT2D eigenvalue weighted by molar-refractivity contribution is 7.11. The maximum Gasteiger partial charge on any atom is 0.0975 e. The van der Waals surface area contributed by atoms with E-state index >= 15 is 0 Å². The molecular weight excluding hydrogens is 288 g/mol. The van der Waals surface area contributed by atoms with E-state index < -0.39 is 0 Å². The Morgan fingerprint density at radius 3 is 2.95 bits per heavy atom. The van der Waals surface area contributed by atoms with Crippen LogP contribution in [0.25, 0.3) is 0 Å². The number of nitrogens with zero attached hydrogens (tertiary/aromatic N) is 1. The molecule has 1 aliphatic rings. The van der Waals surface area contributed by atoms with Crippen molar-refractivity contribution in [3.05, 3.63) is 50.4 Å². The molecular formula is C16H19ClN2S. The van der Waals surface area contributed by atoms with Crippen LogP contribution in [0.15, 0.2) is 24.3 Å². The average Bonchev–Trinajstić information content (AvgIpc) is 3.19. The van der Waals surface area contributed by atoms with Crippen molar-refractivity contribution in [1.82, 2.24) is 10.3 Å². The van der Waals surface area contributed by atoms with Gasteiger partial charge in [-0.15, -0.1) is 11.3 Å². The van der Waals surface area contributed by atoms with Gasteiger partial charge in [0, 0.05) is 28.8 Å². The predicted molar refractivity (Wildman–Crippen MR) is 85.7 cm³/mol. The Morgan fingerprint density at radius 1 is 1.40 bits per heavy atom. The molecule has 1 aliphatic carbocycles. The van der Waals surface area contributed by atoms with E-state index in [-0.39, 0.29) is 0 Å². The van der Waals surface area contributed by atoms with Gasteiger partial charge in [-0.2, -0.15) is 0 Å². The van der Waals surface area contributed by atoms with Crippen molar-refractivity contribution in [2.75, 3.05) is 6.54 Å². The van der Waals surface area contributed by atoms with Gasteiger partial charge in [0.25, 0.3) is 0 Å². The molecule has 1 aromatic carbocycles. The first-order chi connectivity index (χ1) is 9.76. The van der Waals surface area contributed by atoms with Crippen LogP contribution in [-0.2, 0) is 13.0 Å². The zero-order chi connectivity index (χ0) is 13.9. The monoisotopic (exact) mass is 306 g/mol. The molecule has 106 valence electrons. The largest absolute Gasteiger partial charge is 0.312 e. The van der Waals surface area contributed by atoms with Gasteiger partial charge in [-0.05, 0) is 37.1 Å². The smallest absolute Gasteiger partial charge is 0.0975 e. The maximum atomic E-state index is 6.05. The molecule has 20 heavy (non-hydrogen) atoms. The molecule has 0 unspecified atom stereocenters. The summed E-state index contributed by atoms with van der Waals surface area (Å²) in [7, 11) is 0. The standard InChI is InChI=1S/C16H19ClN2S/c1-2-18-10-14-16(12-6-7-12)19-15(20-14)9-11-4-3-5-13(17)8-11/h3-5,8,12,18H,2,6-7,9-10H2,1H3. The summed E-state index contributed by atoms with van der Waals surface area (Å²) in [6.45, 7) is 4.10. The van der Waals surface area contributed by atoms with E-state index in [0.29, 0.717) is 5.92 Å². The second kappa shape index (κ2) is 6.25. The number of aromatic nitrogens is 1. The fourth-order valence-corrected chi connectivity index (χ4v) is 3.72. The lowest BCUT2D eigenvalue weighted by Crippen LogP contribution is -2.11. The molecule has 4 heteroatoms. The summed E-state index contributed by atoms with van der Waals surface area (Å²) in [5.41, 5.74) is 2.58. The Labute approximate surface area is 129 Å². The normalized spacial score (nSPS) is 14.7. The van der Waals surface area contributed by atoms with Gasteiger partial charge in [0.15, 0.2) is 0 Å². The molecule has 0 aliphatic heterocycles. The maximum absolute atomic E-state index is 6.05. The van der Waals surface area contributed by atoms with E-state index in [1.165, 1.54) is 34.0 Å². The first kappa shape index (κ1) is 14.1.